The summed E-state index contributed by atoms with van der Waals surface area (Å²) >= 11 is 1.18. The van der Waals surface area contributed by atoms with Gasteiger partial charge in [0.05, 0.1) is 28.4 Å². The van der Waals surface area contributed by atoms with Gasteiger partial charge in [-0.2, -0.15) is 0 Å². The molecule has 5 rings (SSSR count). The molecule has 1 atom stereocenters. The molecule has 3 aromatic rings. The molecule has 0 bridgehead atoms. The lowest BCUT2D eigenvalue weighted by Crippen LogP contribution is -2.55. The maximum Gasteiger partial charge on any atom is 0.264 e. The van der Waals surface area contributed by atoms with Crippen LogP contribution in [0.15, 0.2) is 58.9 Å². The van der Waals surface area contributed by atoms with Crippen LogP contribution in [-0.4, -0.2) is 48.6 Å². The summed E-state index contributed by atoms with van der Waals surface area (Å²) in [5.41, 5.74) is 1.79. The van der Waals surface area contributed by atoms with Crippen molar-refractivity contribution in [2.75, 3.05) is 22.7 Å². The molecule has 0 aliphatic carbocycles. The van der Waals surface area contributed by atoms with Crippen molar-refractivity contribution in [2.24, 2.45) is 5.92 Å². The minimum Gasteiger partial charge on any atom is -0.343 e. The third kappa shape index (κ3) is 4.37. The van der Waals surface area contributed by atoms with E-state index in [0.717, 1.165) is 17.7 Å². The van der Waals surface area contributed by atoms with Crippen LogP contribution in [0.2, 0.25) is 0 Å². The van der Waals surface area contributed by atoms with E-state index in [1.165, 1.54) is 34.2 Å². The molecule has 1 spiro atoms. The first kappa shape index (κ1) is 26.3. The summed E-state index contributed by atoms with van der Waals surface area (Å²) in [5, 5.41) is 4.57. The van der Waals surface area contributed by atoms with E-state index in [2.05, 4.69) is 9.69 Å². The van der Waals surface area contributed by atoms with Gasteiger partial charge >= 0.3 is 0 Å². The zero-order valence-corrected chi connectivity index (χ0v) is 23.0. The molecule has 2 aliphatic rings. The number of halogens is 1. The number of carbonyl (C=O) groups is 2. The van der Waals surface area contributed by atoms with Crippen molar-refractivity contribution in [3.8, 4) is 0 Å². The second kappa shape index (κ2) is 9.77. The highest BCUT2D eigenvalue weighted by Crippen LogP contribution is 2.55. The number of anilines is 2. The minimum atomic E-state index is -4.05. The molecule has 2 amide bonds. The third-order valence-electron chi connectivity index (χ3n) is 7.64. The number of nitrogens with zero attached hydrogens (tertiary/aromatic N) is 3. The predicted molar refractivity (Wildman–Crippen MR) is 144 cm³/mol. The number of fused-ring (bicyclic) bond motifs is 2. The van der Waals surface area contributed by atoms with Gasteiger partial charge in [0.1, 0.15) is 5.82 Å². The van der Waals surface area contributed by atoms with Crippen LogP contribution in [0.25, 0.3) is 0 Å². The number of carbonyl (C=O) groups excluding carboxylic acids is 2. The van der Waals surface area contributed by atoms with E-state index in [4.69, 9.17) is 0 Å². The van der Waals surface area contributed by atoms with Crippen molar-refractivity contribution >= 4 is 44.7 Å². The standard InChI is InChI=1S/C27H29FN4O4S2/c1-17(2)25-27(10-12-31(13-11-27)18(3)33)23-14-21(30-26(34)19-15-29-37-16-19)6-9-24(23)32(25)38(35,36)22-7-4-20(28)5-8-22/h4-9,14-17,25H,10-13H2,1-3H3,(H,30,34). The normalized spacial score (nSPS) is 18.6. The summed E-state index contributed by atoms with van der Waals surface area (Å²) in [6, 6.07) is 9.73. The second-order valence-electron chi connectivity index (χ2n) is 10.2. The number of hydrogen-bond acceptors (Lipinski definition) is 6. The molecule has 2 aromatic carbocycles. The van der Waals surface area contributed by atoms with Crippen LogP contribution in [0.1, 0.15) is 49.5 Å². The summed E-state index contributed by atoms with van der Waals surface area (Å²) in [6.07, 6.45) is 2.64. The molecular formula is C27H29FN4O4S2. The number of sulfonamides is 1. The summed E-state index contributed by atoms with van der Waals surface area (Å²) in [5.74, 6) is -0.898. The van der Waals surface area contributed by atoms with Crippen LogP contribution < -0.4 is 9.62 Å². The monoisotopic (exact) mass is 556 g/mol. The van der Waals surface area contributed by atoms with Crippen molar-refractivity contribution in [2.45, 2.75) is 50.0 Å². The number of piperidine rings is 1. The first-order valence-corrected chi connectivity index (χ1v) is 14.7. The van der Waals surface area contributed by atoms with Gasteiger partial charge in [0, 0.05) is 36.5 Å². The highest BCUT2D eigenvalue weighted by Gasteiger charge is 2.56. The number of likely N-dealkylation sites (tertiary alicyclic amines) is 1. The van der Waals surface area contributed by atoms with Gasteiger partial charge in [0.25, 0.3) is 15.9 Å². The van der Waals surface area contributed by atoms with Gasteiger partial charge in [-0.15, -0.1) is 0 Å². The molecule has 0 saturated carbocycles. The summed E-state index contributed by atoms with van der Waals surface area (Å²) in [4.78, 5) is 26.7. The van der Waals surface area contributed by atoms with E-state index in [0.29, 0.717) is 42.9 Å². The Labute approximate surface area is 225 Å². The summed E-state index contributed by atoms with van der Waals surface area (Å²) in [6.45, 7) is 6.53. The van der Waals surface area contributed by atoms with Gasteiger partial charge in [-0.25, -0.2) is 17.2 Å². The van der Waals surface area contributed by atoms with Gasteiger partial charge in [0.2, 0.25) is 5.91 Å². The Morgan fingerprint density at radius 1 is 1.13 bits per heavy atom. The zero-order chi connectivity index (χ0) is 27.2. The van der Waals surface area contributed by atoms with Gasteiger partial charge in [-0.1, -0.05) is 13.8 Å². The van der Waals surface area contributed by atoms with Gasteiger partial charge in [-0.05, 0) is 78.3 Å². The first-order chi connectivity index (χ1) is 18.0. The van der Waals surface area contributed by atoms with Crippen LogP contribution in [0.5, 0.6) is 0 Å². The van der Waals surface area contributed by atoms with Crippen LogP contribution in [0.3, 0.4) is 0 Å². The molecule has 1 N–H and O–H groups in total. The number of aromatic nitrogens is 1. The smallest absolute Gasteiger partial charge is 0.264 e. The van der Waals surface area contributed by atoms with Crippen LogP contribution in [-0.2, 0) is 20.2 Å². The fourth-order valence-corrected chi connectivity index (χ4v) is 8.34. The number of rotatable bonds is 5. The lowest BCUT2D eigenvalue weighted by atomic mass is 9.66. The number of amides is 2. The molecule has 3 heterocycles. The SMILES string of the molecule is CC(=O)N1CCC2(CC1)c1cc(NC(=O)c3cnsc3)ccc1N(S(=O)(=O)c1ccc(F)cc1)C2C(C)C. The van der Waals surface area contributed by atoms with Gasteiger partial charge in [0.15, 0.2) is 0 Å². The van der Waals surface area contributed by atoms with Crippen LogP contribution in [0, 0.1) is 11.7 Å². The maximum atomic E-state index is 14.1. The topological polar surface area (TPSA) is 99.7 Å². The number of nitrogens with one attached hydrogen (secondary N) is 1. The van der Waals surface area contributed by atoms with E-state index in [1.54, 1.807) is 29.3 Å². The molecule has 2 aliphatic heterocycles. The quantitative estimate of drug-likeness (QED) is 0.493. The fourth-order valence-electron chi connectivity index (χ4n) is 5.95. The van der Waals surface area contributed by atoms with Crippen LogP contribution in [0.4, 0.5) is 15.8 Å². The largest absolute Gasteiger partial charge is 0.343 e. The highest BCUT2D eigenvalue weighted by atomic mass is 32.2. The lowest BCUT2D eigenvalue weighted by molar-refractivity contribution is -0.130. The third-order valence-corrected chi connectivity index (χ3v) is 10.0. The molecule has 38 heavy (non-hydrogen) atoms. The Bertz CT molecular complexity index is 1470. The Balaban J connectivity index is 1.64. The molecular weight excluding hydrogens is 527 g/mol. The second-order valence-corrected chi connectivity index (χ2v) is 12.7. The van der Waals surface area contributed by atoms with E-state index < -0.39 is 27.3 Å². The van der Waals surface area contributed by atoms with Gasteiger partial charge in [-0.3, -0.25) is 13.9 Å². The van der Waals surface area contributed by atoms with E-state index in [1.807, 2.05) is 19.9 Å². The predicted octanol–water partition coefficient (Wildman–Crippen LogP) is 4.65. The maximum absolute atomic E-state index is 14.1. The van der Waals surface area contributed by atoms with Gasteiger partial charge < -0.3 is 10.2 Å². The first-order valence-electron chi connectivity index (χ1n) is 12.5. The van der Waals surface area contributed by atoms with Crippen molar-refractivity contribution < 1.29 is 22.4 Å². The molecule has 1 saturated heterocycles. The highest BCUT2D eigenvalue weighted by molar-refractivity contribution is 7.92. The van der Waals surface area contributed by atoms with Crippen molar-refractivity contribution in [1.82, 2.24) is 9.27 Å². The molecule has 0 radical (unpaired) electrons. The average molecular weight is 557 g/mol. The van der Waals surface area contributed by atoms with Crippen LogP contribution >= 0.6 is 11.5 Å². The Morgan fingerprint density at radius 2 is 1.82 bits per heavy atom. The number of hydrogen-bond donors (Lipinski definition) is 1. The van der Waals surface area contributed by atoms with Crippen molar-refractivity contribution in [3.05, 3.63) is 71.0 Å². The van der Waals surface area contributed by atoms with Crippen molar-refractivity contribution in [1.29, 1.82) is 0 Å². The van der Waals surface area contributed by atoms with E-state index >= 15 is 0 Å². The lowest BCUT2D eigenvalue weighted by Gasteiger charge is -2.46. The number of benzene rings is 2. The molecule has 8 nitrogen and oxygen atoms in total. The molecule has 11 heteroatoms. The van der Waals surface area contributed by atoms with E-state index in [9.17, 15) is 22.4 Å². The Hall–Kier alpha value is -3.31. The van der Waals surface area contributed by atoms with Crippen molar-refractivity contribution in [3.63, 3.8) is 0 Å². The molecule has 1 unspecified atom stereocenters. The molecule has 200 valence electrons. The average Bonchev–Trinajstić information content (AvgIpc) is 3.51. The fraction of sp³-hybridized carbons (Fsp3) is 0.370. The Morgan fingerprint density at radius 3 is 2.39 bits per heavy atom. The summed E-state index contributed by atoms with van der Waals surface area (Å²) < 4.78 is 47.3. The molecule has 1 aromatic heterocycles. The van der Waals surface area contributed by atoms with E-state index in [-0.39, 0.29) is 22.6 Å². The zero-order valence-electron chi connectivity index (χ0n) is 21.3. The minimum absolute atomic E-state index is 0.0102. The Kier molecular flexibility index (Phi) is 6.77. The molecule has 1 fully saturated rings. The summed E-state index contributed by atoms with van der Waals surface area (Å²) in [7, 11) is -4.05.